The Balaban J connectivity index is 1.94. The van der Waals surface area contributed by atoms with E-state index in [0.29, 0.717) is 5.69 Å². The molecule has 0 unspecified atom stereocenters. The zero-order valence-electron chi connectivity index (χ0n) is 10.6. The van der Waals surface area contributed by atoms with E-state index < -0.39 is 11.4 Å². The van der Waals surface area contributed by atoms with Gasteiger partial charge in [0.15, 0.2) is 0 Å². The van der Waals surface area contributed by atoms with Crippen molar-refractivity contribution in [3.05, 3.63) is 64.2 Å². The first kappa shape index (κ1) is 14.8. The van der Waals surface area contributed by atoms with Gasteiger partial charge in [0.05, 0.1) is 0 Å². The molecule has 0 spiro atoms. The summed E-state index contributed by atoms with van der Waals surface area (Å²) in [5.41, 5.74) is 1.98. The lowest BCUT2D eigenvalue weighted by molar-refractivity contribution is -0.715. The van der Waals surface area contributed by atoms with Crippen LogP contribution in [0.4, 0.5) is 16.2 Å². The number of quaternary nitrogens is 1. The van der Waals surface area contributed by atoms with Crippen molar-refractivity contribution in [1.29, 1.82) is 0 Å². The van der Waals surface area contributed by atoms with E-state index >= 15 is 0 Å². The SMILES string of the molecule is O=C(Oc1ccc(N[O-])cc1)Oc1ccc([NH+]([O-])[O-])cc1. The third-order valence-corrected chi connectivity index (χ3v) is 2.46. The molecule has 0 bridgehead atoms. The van der Waals surface area contributed by atoms with Crippen LogP contribution < -0.4 is 20.2 Å². The van der Waals surface area contributed by atoms with Gasteiger partial charge in [-0.15, -0.1) is 0 Å². The van der Waals surface area contributed by atoms with E-state index in [9.17, 15) is 20.4 Å². The first-order chi connectivity index (χ1) is 10.1. The van der Waals surface area contributed by atoms with Gasteiger partial charge in [0, 0.05) is 17.8 Å². The molecule has 2 aromatic rings. The molecule has 0 aliphatic rings. The van der Waals surface area contributed by atoms with Crippen LogP contribution in [0.15, 0.2) is 48.5 Å². The Morgan fingerprint density at radius 1 is 0.905 bits per heavy atom. The molecule has 2 N–H and O–H groups in total. The van der Waals surface area contributed by atoms with Crippen LogP contribution in [0.2, 0.25) is 0 Å². The lowest BCUT2D eigenvalue weighted by atomic mass is 10.3. The van der Waals surface area contributed by atoms with E-state index in [4.69, 9.17) is 9.47 Å². The molecule has 0 aromatic heterocycles. The van der Waals surface area contributed by atoms with Crippen molar-refractivity contribution in [3.8, 4) is 11.5 Å². The molecule has 0 aliphatic heterocycles. The van der Waals surface area contributed by atoms with E-state index in [0.717, 1.165) is 0 Å². The van der Waals surface area contributed by atoms with Crippen molar-refractivity contribution < 1.29 is 19.5 Å². The van der Waals surface area contributed by atoms with Gasteiger partial charge < -0.3 is 35.8 Å². The van der Waals surface area contributed by atoms with E-state index in [1.807, 2.05) is 0 Å². The maximum absolute atomic E-state index is 11.5. The molecule has 8 heteroatoms. The number of rotatable bonds is 4. The highest BCUT2D eigenvalue weighted by atomic mass is 16.8. The maximum atomic E-state index is 11.5. The normalized spacial score (nSPS) is 10.3. The van der Waals surface area contributed by atoms with Gasteiger partial charge in [-0.1, -0.05) is 0 Å². The van der Waals surface area contributed by atoms with Gasteiger partial charge in [-0.05, 0) is 36.4 Å². The van der Waals surface area contributed by atoms with Crippen LogP contribution in [0.1, 0.15) is 0 Å². The summed E-state index contributed by atoms with van der Waals surface area (Å²) < 4.78 is 9.73. The molecule has 2 rings (SSSR count). The van der Waals surface area contributed by atoms with Crippen LogP contribution in [-0.2, 0) is 0 Å². The summed E-state index contributed by atoms with van der Waals surface area (Å²) in [6.45, 7) is 0. The molecule has 0 saturated carbocycles. The molecule has 8 nitrogen and oxygen atoms in total. The number of hydrogen-bond acceptors (Lipinski definition) is 7. The highest BCUT2D eigenvalue weighted by Gasteiger charge is 2.08. The molecule has 2 aromatic carbocycles. The number of anilines is 1. The summed E-state index contributed by atoms with van der Waals surface area (Å²) in [4.78, 5) is 11.5. The molecule has 0 heterocycles. The fourth-order valence-electron chi connectivity index (χ4n) is 1.46. The molecule has 0 radical (unpaired) electrons. The van der Waals surface area contributed by atoms with Crippen LogP contribution in [0.3, 0.4) is 0 Å². The Hall–Kier alpha value is -2.65. The number of carbonyl (C=O) groups is 1. The van der Waals surface area contributed by atoms with Crippen molar-refractivity contribution in [2.45, 2.75) is 0 Å². The van der Waals surface area contributed by atoms with Gasteiger partial charge >= 0.3 is 6.16 Å². The zero-order valence-corrected chi connectivity index (χ0v) is 10.6. The predicted octanol–water partition coefficient (Wildman–Crippen LogP) is 1.69. The summed E-state index contributed by atoms with van der Waals surface area (Å²) in [5.74, 6) is 0.327. The third kappa shape index (κ3) is 4.16. The average molecular weight is 290 g/mol. The number of carbonyl (C=O) groups excluding carboxylic acids is 1. The minimum absolute atomic E-state index is 0.0311. The summed E-state index contributed by atoms with van der Waals surface area (Å²) in [6.07, 6.45) is -0.987. The lowest BCUT2D eigenvalue weighted by Gasteiger charge is -2.24. The molecular weight excluding hydrogens is 280 g/mol. The molecule has 0 aliphatic carbocycles. The van der Waals surface area contributed by atoms with E-state index in [-0.39, 0.29) is 17.2 Å². The van der Waals surface area contributed by atoms with Gasteiger partial charge in [-0.3, -0.25) is 0 Å². The first-order valence-corrected chi connectivity index (χ1v) is 5.78. The van der Waals surface area contributed by atoms with E-state index in [1.165, 1.54) is 48.5 Å². The molecule has 110 valence electrons. The Kier molecular flexibility index (Phi) is 4.69. The molecule has 0 saturated heterocycles. The average Bonchev–Trinajstić information content (AvgIpc) is 2.48. The number of nitrogens with one attached hydrogen (secondary N) is 2. The quantitative estimate of drug-likeness (QED) is 0.499. The van der Waals surface area contributed by atoms with E-state index in [2.05, 4.69) is 0 Å². The van der Waals surface area contributed by atoms with Crippen LogP contribution in [-0.4, -0.2) is 6.16 Å². The summed E-state index contributed by atoms with van der Waals surface area (Å²) in [5, 5.41) is 30.1. The summed E-state index contributed by atoms with van der Waals surface area (Å²) in [6, 6.07) is 10.8. The number of hydrogen-bond donors (Lipinski definition) is 2. The Bertz CT molecular complexity index is 597. The predicted molar refractivity (Wildman–Crippen MR) is 73.9 cm³/mol. The largest absolute Gasteiger partial charge is 0.761 e. The van der Waals surface area contributed by atoms with Gasteiger partial charge in [0.2, 0.25) is 0 Å². The van der Waals surface area contributed by atoms with Gasteiger partial charge in [-0.2, -0.15) is 0 Å². The van der Waals surface area contributed by atoms with Crippen molar-refractivity contribution in [3.63, 3.8) is 0 Å². The fraction of sp³-hybridized carbons (Fsp3) is 0. The van der Waals surface area contributed by atoms with Crippen molar-refractivity contribution in [2.24, 2.45) is 0 Å². The maximum Gasteiger partial charge on any atom is 0.519 e. The van der Waals surface area contributed by atoms with Crippen LogP contribution in [0.25, 0.3) is 0 Å². The monoisotopic (exact) mass is 290 g/mol. The van der Waals surface area contributed by atoms with Crippen molar-refractivity contribution >= 4 is 17.5 Å². The molecule has 21 heavy (non-hydrogen) atoms. The molecule has 0 atom stereocenters. The highest BCUT2D eigenvalue weighted by Crippen LogP contribution is 2.17. The minimum Gasteiger partial charge on any atom is -0.761 e. The highest BCUT2D eigenvalue weighted by molar-refractivity contribution is 5.67. The zero-order chi connectivity index (χ0) is 15.2. The molecular formula is C13H10N2O6-2. The van der Waals surface area contributed by atoms with Crippen LogP contribution in [0.5, 0.6) is 11.5 Å². The second-order valence-electron chi connectivity index (χ2n) is 3.89. The van der Waals surface area contributed by atoms with Gasteiger partial charge in [0.25, 0.3) is 0 Å². The van der Waals surface area contributed by atoms with Crippen molar-refractivity contribution in [1.82, 2.24) is 0 Å². The van der Waals surface area contributed by atoms with Gasteiger partial charge in [0.1, 0.15) is 17.2 Å². The molecule has 0 fully saturated rings. The minimum atomic E-state index is -1.32. The topological polar surface area (TPSA) is 121 Å². The fourth-order valence-corrected chi connectivity index (χ4v) is 1.46. The van der Waals surface area contributed by atoms with Crippen LogP contribution in [0, 0.1) is 15.6 Å². The smallest absolute Gasteiger partial charge is 0.519 e. The Morgan fingerprint density at radius 2 is 1.38 bits per heavy atom. The Morgan fingerprint density at radius 3 is 1.81 bits per heavy atom. The lowest BCUT2D eigenvalue weighted by Crippen LogP contribution is -2.96. The van der Waals surface area contributed by atoms with E-state index in [1.54, 1.807) is 5.48 Å². The summed E-state index contributed by atoms with van der Waals surface area (Å²) in [7, 11) is 0. The first-order valence-electron chi connectivity index (χ1n) is 5.78. The second-order valence-corrected chi connectivity index (χ2v) is 3.89. The Labute approximate surface area is 119 Å². The third-order valence-electron chi connectivity index (χ3n) is 2.46. The summed E-state index contributed by atoms with van der Waals surface area (Å²) >= 11 is 0. The number of benzene rings is 2. The molecule has 0 amide bonds. The van der Waals surface area contributed by atoms with Crippen molar-refractivity contribution in [2.75, 3.05) is 5.48 Å². The second kappa shape index (κ2) is 6.68. The standard InChI is InChI=1S/C13H10N2O6/c16-13(20-11-5-1-9(14-17)2-6-11)21-12-7-3-10(4-8-12)15(18)19/h1-8,14-15H/q-2. The van der Waals surface area contributed by atoms with Gasteiger partial charge in [-0.25, -0.2) is 4.79 Å². The number of ether oxygens (including phenoxy) is 2. The van der Waals surface area contributed by atoms with Crippen LogP contribution >= 0.6 is 0 Å².